The van der Waals surface area contributed by atoms with Gasteiger partial charge < -0.3 is 5.32 Å². The van der Waals surface area contributed by atoms with E-state index in [1.54, 1.807) is 0 Å². The number of halogens is 1. The highest BCUT2D eigenvalue weighted by molar-refractivity contribution is 5.28. The lowest BCUT2D eigenvalue weighted by Crippen LogP contribution is -2.11. The van der Waals surface area contributed by atoms with Gasteiger partial charge in [-0.25, -0.2) is 0 Å². The number of hydrogen-bond acceptors (Lipinski definition) is 5. The first-order chi connectivity index (χ1) is 7.11. The van der Waals surface area contributed by atoms with Gasteiger partial charge in [-0.05, 0) is 16.6 Å². The molecule has 0 atom stereocenters. The van der Waals surface area contributed by atoms with Crippen LogP contribution >= 0.6 is 0 Å². The second kappa shape index (κ2) is 5.06. The van der Waals surface area contributed by atoms with Gasteiger partial charge in [0.15, 0.2) is 0 Å². The Bertz CT molecular complexity index is 385. The fraction of sp³-hybridized carbons (Fsp3) is 0.571. The minimum Gasteiger partial charge on any atom is -0.354 e. The van der Waals surface area contributed by atoms with E-state index in [-0.39, 0.29) is 11.9 Å². The Balaban J connectivity index is 2.83. The van der Waals surface area contributed by atoms with Crippen LogP contribution in [0.15, 0.2) is 5.11 Å². The Morgan fingerprint density at radius 2 is 2.20 bits per heavy atom. The van der Waals surface area contributed by atoms with Crippen molar-refractivity contribution in [2.75, 3.05) is 11.9 Å². The maximum absolute atomic E-state index is 12.8. The summed E-state index contributed by atoms with van der Waals surface area (Å²) in [6.07, 6.45) is -0.973. The molecule has 7 nitrogen and oxygen atoms in total. The van der Waals surface area contributed by atoms with Gasteiger partial charge in [-0.3, -0.25) is 0 Å². The molecule has 0 amide bonds. The molecule has 0 bridgehead atoms. The molecule has 0 spiro atoms. The second-order valence-corrected chi connectivity index (χ2v) is 3.19. The van der Waals surface area contributed by atoms with Crippen LogP contribution in [-0.2, 0) is 0 Å². The van der Waals surface area contributed by atoms with E-state index in [0.29, 0.717) is 12.5 Å². The minimum absolute atomic E-state index is 0.0681. The summed E-state index contributed by atoms with van der Waals surface area (Å²) >= 11 is 0. The maximum atomic E-state index is 12.8. The summed E-state index contributed by atoms with van der Waals surface area (Å²) in [6.45, 7) is 4.57. The number of hydrogen-bond donors (Lipinski definition) is 1. The Kier molecular flexibility index (Phi) is 3.75. The van der Waals surface area contributed by atoms with Crippen molar-refractivity contribution in [2.45, 2.75) is 13.8 Å². The van der Waals surface area contributed by atoms with Crippen LogP contribution in [0.5, 0.6) is 0 Å². The summed E-state index contributed by atoms with van der Waals surface area (Å²) in [5.74, 6) is 0.155. The van der Waals surface area contributed by atoms with Gasteiger partial charge in [0.05, 0.1) is 0 Å². The van der Waals surface area contributed by atoms with Crippen molar-refractivity contribution in [1.29, 1.82) is 0 Å². The smallest absolute Gasteiger partial charge is 0.313 e. The first-order valence-electron chi connectivity index (χ1n) is 4.32. The lowest BCUT2D eigenvalue weighted by molar-refractivity contribution is 0.534. The fourth-order valence-corrected chi connectivity index (χ4v) is 0.799. The minimum atomic E-state index is -0.973. The average molecular weight is 211 g/mol. The highest BCUT2D eigenvalue weighted by Gasteiger charge is 2.04. The molecular weight excluding hydrogens is 201 g/mol. The topological polar surface area (TPSA) is 99.5 Å². The SMILES string of the molecule is CC(C)CNc1nc(F)nc(N=[N+]=[N-])n1. The Morgan fingerprint density at radius 1 is 1.47 bits per heavy atom. The predicted octanol–water partition coefficient (Wildman–Crippen LogP) is 2.02. The van der Waals surface area contributed by atoms with E-state index < -0.39 is 6.08 Å². The number of azide groups is 1. The predicted molar refractivity (Wildman–Crippen MR) is 51.9 cm³/mol. The van der Waals surface area contributed by atoms with Crippen LogP contribution in [0.25, 0.3) is 10.4 Å². The molecule has 0 fully saturated rings. The Labute approximate surface area is 85.4 Å². The summed E-state index contributed by atoms with van der Waals surface area (Å²) in [6, 6.07) is 0. The number of aromatic nitrogens is 3. The molecular formula is C7H10FN7. The third-order valence-electron chi connectivity index (χ3n) is 1.40. The Hall–Kier alpha value is -1.95. The average Bonchev–Trinajstić information content (AvgIpc) is 2.14. The van der Waals surface area contributed by atoms with Crippen LogP contribution in [0.3, 0.4) is 0 Å². The molecule has 0 radical (unpaired) electrons. The Morgan fingerprint density at radius 3 is 2.80 bits per heavy atom. The van der Waals surface area contributed by atoms with Gasteiger partial charge in [0, 0.05) is 11.5 Å². The van der Waals surface area contributed by atoms with Gasteiger partial charge in [0.2, 0.25) is 11.9 Å². The molecule has 0 saturated heterocycles. The zero-order chi connectivity index (χ0) is 11.3. The molecule has 0 saturated carbocycles. The van der Waals surface area contributed by atoms with Crippen LogP contribution in [-0.4, -0.2) is 21.5 Å². The highest BCUT2D eigenvalue weighted by Crippen LogP contribution is 2.08. The van der Waals surface area contributed by atoms with Crippen molar-refractivity contribution in [3.05, 3.63) is 16.5 Å². The van der Waals surface area contributed by atoms with Crippen LogP contribution in [0.1, 0.15) is 13.8 Å². The largest absolute Gasteiger partial charge is 0.354 e. The van der Waals surface area contributed by atoms with Gasteiger partial charge in [-0.15, -0.1) is 0 Å². The molecule has 8 heteroatoms. The molecule has 0 unspecified atom stereocenters. The monoisotopic (exact) mass is 211 g/mol. The molecule has 1 rings (SSSR count). The van der Waals surface area contributed by atoms with Crippen molar-refractivity contribution >= 4 is 11.9 Å². The van der Waals surface area contributed by atoms with Crippen LogP contribution in [0, 0.1) is 12.0 Å². The standard InChI is InChI=1S/C7H10FN7/c1-4(2)3-10-6-11-5(8)12-7(13-6)14-15-9/h4H,3H2,1-2H3,(H,10,11,12,13). The zero-order valence-corrected chi connectivity index (χ0v) is 8.35. The molecule has 0 aliphatic heterocycles. The molecule has 15 heavy (non-hydrogen) atoms. The summed E-state index contributed by atoms with van der Waals surface area (Å²) in [5, 5.41) is 5.89. The van der Waals surface area contributed by atoms with Gasteiger partial charge in [-0.1, -0.05) is 13.8 Å². The van der Waals surface area contributed by atoms with E-state index in [4.69, 9.17) is 5.53 Å². The number of nitrogens with one attached hydrogen (secondary N) is 1. The quantitative estimate of drug-likeness (QED) is 0.467. The van der Waals surface area contributed by atoms with Crippen LogP contribution in [0.2, 0.25) is 0 Å². The van der Waals surface area contributed by atoms with Crippen molar-refractivity contribution in [1.82, 2.24) is 15.0 Å². The van der Waals surface area contributed by atoms with Gasteiger partial charge in [-0.2, -0.15) is 19.3 Å². The number of nitrogens with zero attached hydrogens (tertiary/aromatic N) is 6. The van der Waals surface area contributed by atoms with E-state index >= 15 is 0 Å². The molecule has 0 aliphatic carbocycles. The van der Waals surface area contributed by atoms with Crippen molar-refractivity contribution in [2.24, 2.45) is 11.0 Å². The lowest BCUT2D eigenvalue weighted by Gasteiger charge is -2.06. The highest BCUT2D eigenvalue weighted by atomic mass is 19.1. The molecule has 0 aliphatic rings. The number of rotatable bonds is 4. The first kappa shape index (κ1) is 11.1. The third kappa shape index (κ3) is 3.74. The van der Waals surface area contributed by atoms with E-state index in [9.17, 15) is 4.39 Å². The van der Waals surface area contributed by atoms with Crippen molar-refractivity contribution in [3.8, 4) is 0 Å². The number of anilines is 1. The molecule has 1 heterocycles. The van der Waals surface area contributed by atoms with Crippen LogP contribution < -0.4 is 5.32 Å². The van der Waals surface area contributed by atoms with Gasteiger partial charge in [0.1, 0.15) is 0 Å². The summed E-state index contributed by atoms with van der Waals surface area (Å²) in [4.78, 5) is 12.8. The van der Waals surface area contributed by atoms with E-state index in [1.807, 2.05) is 13.8 Å². The zero-order valence-electron chi connectivity index (χ0n) is 8.35. The molecule has 0 aromatic carbocycles. The molecule has 80 valence electrons. The summed E-state index contributed by atoms with van der Waals surface area (Å²) in [5.41, 5.74) is 8.13. The fourth-order valence-electron chi connectivity index (χ4n) is 0.799. The maximum Gasteiger partial charge on any atom is 0.313 e. The molecule has 1 N–H and O–H groups in total. The first-order valence-corrected chi connectivity index (χ1v) is 4.32. The molecule has 1 aromatic heterocycles. The van der Waals surface area contributed by atoms with Crippen LogP contribution in [0.4, 0.5) is 16.3 Å². The second-order valence-electron chi connectivity index (χ2n) is 3.19. The van der Waals surface area contributed by atoms with E-state index in [1.165, 1.54) is 0 Å². The van der Waals surface area contributed by atoms with Gasteiger partial charge in [0.25, 0.3) is 0 Å². The van der Waals surface area contributed by atoms with Gasteiger partial charge >= 0.3 is 6.08 Å². The normalized spacial score (nSPS) is 9.87. The van der Waals surface area contributed by atoms with Crippen molar-refractivity contribution in [3.63, 3.8) is 0 Å². The van der Waals surface area contributed by atoms with E-state index in [2.05, 4.69) is 30.3 Å². The van der Waals surface area contributed by atoms with E-state index in [0.717, 1.165) is 0 Å². The van der Waals surface area contributed by atoms with Crippen molar-refractivity contribution < 1.29 is 4.39 Å². The lowest BCUT2D eigenvalue weighted by atomic mass is 10.2. The molecule has 1 aromatic rings. The summed E-state index contributed by atoms with van der Waals surface area (Å²) in [7, 11) is 0. The third-order valence-corrected chi connectivity index (χ3v) is 1.40. The summed E-state index contributed by atoms with van der Waals surface area (Å²) < 4.78 is 12.8.